The Morgan fingerprint density at radius 1 is 0.800 bits per heavy atom. The average molecular weight is 253 g/mol. The van der Waals surface area contributed by atoms with Gasteiger partial charge < -0.3 is 0 Å². The molecule has 0 radical (unpaired) electrons. The summed E-state index contributed by atoms with van der Waals surface area (Å²) in [5.74, 6) is 0. The first kappa shape index (κ1) is 10.6. The molecule has 0 aliphatic carbocycles. The SMILES string of the molecule is Cc1cccc[c]1[Ga]([CH3])[c]1ccccc1. The molecule has 0 unspecified atom stereocenters. The monoisotopic (exact) mass is 252 g/mol. The van der Waals surface area contributed by atoms with E-state index in [9.17, 15) is 0 Å². The predicted octanol–water partition coefficient (Wildman–Crippen LogP) is 2.23. The van der Waals surface area contributed by atoms with E-state index in [4.69, 9.17) is 0 Å². The van der Waals surface area contributed by atoms with Crippen molar-refractivity contribution in [3.63, 3.8) is 0 Å². The normalized spacial score (nSPS) is 10.0. The molecule has 1 heteroatoms. The van der Waals surface area contributed by atoms with Crippen molar-refractivity contribution in [1.82, 2.24) is 0 Å². The van der Waals surface area contributed by atoms with E-state index >= 15 is 0 Å². The fourth-order valence-electron chi connectivity index (χ4n) is 1.99. The number of hydrogen-bond acceptors (Lipinski definition) is 0. The van der Waals surface area contributed by atoms with Crippen molar-refractivity contribution in [2.45, 2.75) is 12.4 Å². The van der Waals surface area contributed by atoms with Crippen LogP contribution in [0.15, 0.2) is 54.6 Å². The summed E-state index contributed by atoms with van der Waals surface area (Å²) in [4.78, 5) is 0. The van der Waals surface area contributed by atoms with E-state index in [1.807, 2.05) is 0 Å². The molecule has 2 aromatic carbocycles. The second-order valence-electron chi connectivity index (χ2n) is 3.99. The first-order chi connectivity index (χ1) is 7.29. The minimum absolute atomic E-state index is 1.45. The molecule has 0 saturated heterocycles. The Labute approximate surface area is 97.0 Å². The van der Waals surface area contributed by atoms with Crippen molar-refractivity contribution in [2.75, 3.05) is 0 Å². The Morgan fingerprint density at radius 2 is 1.40 bits per heavy atom. The first-order valence-corrected chi connectivity index (χ1v) is 10.2. The molecule has 0 spiro atoms. The van der Waals surface area contributed by atoms with E-state index in [2.05, 4.69) is 67.0 Å². The van der Waals surface area contributed by atoms with Gasteiger partial charge in [0.15, 0.2) is 0 Å². The Balaban J connectivity index is 2.37. The van der Waals surface area contributed by atoms with E-state index in [0.29, 0.717) is 0 Å². The van der Waals surface area contributed by atoms with Crippen molar-refractivity contribution in [3.05, 3.63) is 60.2 Å². The van der Waals surface area contributed by atoms with Gasteiger partial charge in [-0.3, -0.25) is 0 Å². The van der Waals surface area contributed by atoms with Gasteiger partial charge in [0.25, 0.3) is 0 Å². The van der Waals surface area contributed by atoms with E-state index < -0.39 is 16.2 Å². The summed E-state index contributed by atoms with van der Waals surface area (Å²) < 4.78 is 3.18. The van der Waals surface area contributed by atoms with Crippen LogP contribution < -0.4 is 8.24 Å². The molecular weight excluding hydrogens is 238 g/mol. The maximum atomic E-state index is 2.45. The topological polar surface area (TPSA) is 0 Å². The Morgan fingerprint density at radius 3 is 2.07 bits per heavy atom. The van der Waals surface area contributed by atoms with Crippen LogP contribution in [-0.4, -0.2) is 16.2 Å². The molecular formula is C14H15Ga. The fourth-order valence-corrected chi connectivity index (χ4v) is 6.90. The van der Waals surface area contributed by atoms with Gasteiger partial charge in [-0.1, -0.05) is 0 Å². The van der Waals surface area contributed by atoms with Crippen LogP contribution in [0, 0.1) is 6.92 Å². The number of aryl methyl sites for hydroxylation is 1. The van der Waals surface area contributed by atoms with Crippen molar-refractivity contribution in [1.29, 1.82) is 0 Å². The van der Waals surface area contributed by atoms with Crippen molar-refractivity contribution in [2.24, 2.45) is 0 Å². The van der Waals surface area contributed by atoms with Crippen LogP contribution in [0.4, 0.5) is 0 Å². The predicted molar refractivity (Wildman–Crippen MR) is 68.5 cm³/mol. The summed E-state index contributed by atoms with van der Waals surface area (Å²) in [6, 6.07) is 19.7. The molecule has 0 aliphatic rings. The van der Waals surface area contributed by atoms with Crippen LogP contribution in [0.25, 0.3) is 0 Å². The van der Waals surface area contributed by atoms with E-state index in [1.54, 1.807) is 8.24 Å². The number of benzene rings is 2. The summed E-state index contributed by atoms with van der Waals surface area (Å²) in [6.45, 7) is 2.22. The van der Waals surface area contributed by atoms with Gasteiger partial charge >= 0.3 is 97.0 Å². The molecule has 0 nitrogen and oxygen atoms in total. The molecule has 0 amide bonds. The van der Waals surface area contributed by atoms with Gasteiger partial charge in [-0.2, -0.15) is 0 Å². The standard InChI is InChI=1S/C7H7.C6H5.CH3.Ga/c1-7-5-3-2-4-6-7;1-2-4-6-5-3-1;;/h2-5H,1H3;1-5H;1H3;. The summed E-state index contributed by atoms with van der Waals surface area (Å²) in [7, 11) is 0. The second-order valence-corrected chi connectivity index (χ2v) is 9.72. The zero-order valence-electron chi connectivity index (χ0n) is 9.27. The third-order valence-corrected chi connectivity index (χ3v) is 9.18. The van der Waals surface area contributed by atoms with Gasteiger partial charge in [-0.15, -0.1) is 0 Å². The molecule has 2 rings (SSSR count). The quantitative estimate of drug-likeness (QED) is 0.720. The van der Waals surface area contributed by atoms with E-state index in [-0.39, 0.29) is 0 Å². The maximum absolute atomic E-state index is 2.45. The minimum atomic E-state index is -1.46. The molecule has 0 atom stereocenters. The fraction of sp³-hybridized carbons (Fsp3) is 0.143. The molecule has 15 heavy (non-hydrogen) atoms. The molecule has 0 aliphatic heterocycles. The summed E-state index contributed by atoms with van der Waals surface area (Å²) in [5.41, 5.74) is 3.90. The van der Waals surface area contributed by atoms with Gasteiger partial charge in [0, 0.05) is 0 Å². The van der Waals surface area contributed by atoms with Gasteiger partial charge in [-0.05, 0) is 0 Å². The molecule has 0 saturated carbocycles. The zero-order valence-corrected chi connectivity index (χ0v) is 11.7. The molecule has 0 bridgehead atoms. The Hall–Kier alpha value is -0.924. The van der Waals surface area contributed by atoms with Crippen LogP contribution in [0.3, 0.4) is 0 Å². The van der Waals surface area contributed by atoms with Crippen LogP contribution in [-0.2, 0) is 0 Å². The third-order valence-electron chi connectivity index (χ3n) is 2.95. The molecule has 0 fully saturated rings. The van der Waals surface area contributed by atoms with E-state index in [1.165, 1.54) is 5.56 Å². The van der Waals surface area contributed by atoms with Gasteiger partial charge in [-0.25, -0.2) is 0 Å². The summed E-state index contributed by atoms with van der Waals surface area (Å²) in [6.07, 6.45) is 0. The summed E-state index contributed by atoms with van der Waals surface area (Å²) >= 11 is -1.46. The van der Waals surface area contributed by atoms with Gasteiger partial charge in [0.1, 0.15) is 0 Å². The number of rotatable bonds is 2. The second kappa shape index (κ2) is 4.73. The molecule has 0 aromatic heterocycles. The van der Waals surface area contributed by atoms with Crippen LogP contribution >= 0.6 is 0 Å². The Kier molecular flexibility index (Phi) is 3.34. The average Bonchev–Trinajstić information content (AvgIpc) is 2.30. The summed E-state index contributed by atoms with van der Waals surface area (Å²) in [5, 5.41) is 0. The Bertz CT molecular complexity index is 434. The van der Waals surface area contributed by atoms with Gasteiger partial charge in [0.05, 0.1) is 0 Å². The first-order valence-electron chi connectivity index (χ1n) is 5.39. The third kappa shape index (κ3) is 2.36. The van der Waals surface area contributed by atoms with Crippen molar-refractivity contribution in [3.8, 4) is 0 Å². The van der Waals surface area contributed by atoms with Crippen LogP contribution in [0.2, 0.25) is 5.48 Å². The van der Waals surface area contributed by atoms with Crippen molar-refractivity contribution < 1.29 is 0 Å². The molecule has 2 aromatic rings. The molecule has 0 heterocycles. The zero-order chi connectivity index (χ0) is 10.7. The van der Waals surface area contributed by atoms with Crippen LogP contribution in [0.1, 0.15) is 5.56 Å². The number of hydrogen-bond donors (Lipinski definition) is 0. The molecule has 0 N–H and O–H groups in total. The van der Waals surface area contributed by atoms with E-state index in [0.717, 1.165) is 0 Å². The van der Waals surface area contributed by atoms with Crippen LogP contribution in [0.5, 0.6) is 0 Å². The van der Waals surface area contributed by atoms with Gasteiger partial charge in [0.2, 0.25) is 0 Å². The van der Waals surface area contributed by atoms with Crippen molar-refractivity contribution >= 4 is 24.5 Å². The molecule has 74 valence electrons.